The van der Waals surface area contributed by atoms with Gasteiger partial charge in [0.25, 0.3) is 0 Å². The summed E-state index contributed by atoms with van der Waals surface area (Å²) in [4.78, 5) is 0. The molecule has 0 aromatic carbocycles. The van der Waals surface area contributed by atoms with Crippen LogP contribution in [0.25, 0.3) is 0 Å². The predicted octanol–water partition coefficient (Wildman–Crippen LogP) is 2.42. The quantitative estimate of drug-likeness (QED) is 0.476. The van der Waals surface area contributed by atoms with E-state index in [1.54, 1.807) is 0 Å². The molecule has 0 aliphatic rings. The predicted molar refractivity (Wildman–Crippen MR) is 45.1 cm³/mol. The fourth-order valence-corrected chi connectivity index (χ4v) is 0. The first kappa shape index (κ1) is 10.3. The maximum atomic E-state index is 2.41. The molecule has 0 amide bonds. The van der Waals surface area contributed by atoms with E-state index >= 15 is 0 Å². The highest BCUT2D eigenvalue weighted by atomic mass is 127. The Morgan fingerprint density at radius 2 is 1.20 bits per heavy atom. The highest BCUT2D eigenvalue weighted by Gasteiger charge is 1.61. The van der Waals surface area contributed by atoms with E-state index in [0.717, 1.165) is 0 Å². The third kappa shape index (κ3) is 22.4. The zero-order valence-electron chi connectivity index (χ0n) is 3.46. The molecule has 0 atom stereocenters. The van der Waals surface area contributed by atoms with Crippen molar-refractivity contribution >= 4 is 50.3 Å². The Hall–Kier alpha value is 2.23. The van der Waals surface area contributed by atoms with Crippen molar-refractivity contribution in [1.82, 2.24) is 0 Å². The second kappa shape index (κ2) is 16.3. The molecule has 0 aliphatic heterocycles. The molecule has 0 radical (unpaired) electrons. The molecule has 0 rings (SSSR count). The normalized spacial score (nSPS) is 3.20. The summed E-state index contributed by atoms with van der Waals surface area (Å²) in [5.74, 6) is 0. The third-order valence-corrected chi connectivity index (χ3v) is 0. The minimum absolute atomic E-state index is 0.357. The summed E-state index contributed by atoms with van der Waals surface area (Å²) in [7, 11) is 0. The summed E-state index contributed by atoms with van der Waals surface area (Å²) < 4.78 is 0. The highest BCUT2D eigenvalue weighted by Crippen LogP contribution is 1.80. The van der Waals surface area contributed by atoms with Crippen LogP contribution in [0.15, 0.2) is 0 Å². The van der Waals surface area contributed by atoms with E-state index < -0.39 is 0 Å². The number of hydrogen-bond acceptors (Lipinski definition) is 0. The van der Waals surface area contributed by atoms with Gasteiger partial charge in [0.1, 0.15) is 0 Å². The topological polar surface area (TPSA) is 0 Å². The van der Waals surface area contributed by atoms with Crippen molar-refractivity contribution in [2.75, 3.05) is 0 Å². The number of halogens is 2. The molecule has 0 nitrogen and oxygen atoms in total. The van der Waals surface area contributed by atoms with Crippen molar-refractivity contribution in [3.8, 4) is 0 Å². The first-order chi connectivity index (χ1) is 2.41. The molecule has 0 saturated carbocycles. The molecular weight excluding hydrogens is 302 g/mol. The van der Waals surface area contributed by atoms with Crippen molar-refractivity contribution in [3.63, 3.8) is 0 Å². The summed E-state index contributed by atoms with van der Waals surface area (Å²) in [6.07, 6.45) is 0. The number of hydrogen-bond donors (Lipinski definition) is 0. The summed E-state index contributed by atoms with van der Waals surface area (Å²) in [6.45, 7) is 4.00. The lowest BCUT2D eigenvalue weighted by molar-refractivity contribution is 1.50. The van der Waals surface area contributed by atoms with Gasteiger partial charge in [0.05, 0.1) is 0 Å². The van der Waals surface area contributed by atoms with E-state index in [1.807, 2.05) is 13.8 Å². The van der Waals surface area contributed by atoms with E-state index in [2.05, 4.69) is 37.7 Å². The Morgan fingerprint density at radius 3 is 1.20 bits per heavy atom. The molecule has 0 spiro atoms. The van der Waals surface area contributed by atoms with Crippen LogP contribution in [0.1, 0.15) is 13.8 Å². The van der Waals surface area contributed by atoms with Crippen LogP contribution in [0.4, 0.5) is 0 Å². The Kier molecular flexibility index (Phi) is 33.5. The summed E-state index contributed by atoms with van der Waals surface area (Å²) in [6, 6.07) is 0. The lowest BCUT2D eigenvalue weighted by atomic mass is 11.0. The molecule has 0 bridgehead atoms. The van der Waals surface area contributed by atoms with E-state index in [9.17, 15) is 0 Å². The van der Waals surface area contributed by atoms with Crippen LogP contribution in [0.3, 0.4) is 0 Å². The van der Waals surface area contributed by atoms with Gasteiger partial charge in [-0.2, -0.15) is 0 Å². The van der Waals surface area contributed by atoms with Crippen LogP contribution in [0.2, 0.25) is 0 Å². The van der Waals surface area contributed by atoms with Gasteiger partial charge in [-0.3, -0.25) is 37.7 Å². The van der Waals surface area contributed by atoms with Crippen molar-refractivity contribution in [3.05, 3.63) is 0 Å². The minimum Gasteiger partial charge on any atom is -0.276 e. The monoisotopic (exact) mass is 308 g/mol. The molecule has 5 heavy (non-hydrogen) atoms. The van der Waals surface area contributed by atoms with E-state index in [0.29, 0.717) is 12.6 Å². The van der Waals surface area contributed by atoms with Gasteiger partial charge >= 0.3 is 12.6 Å². The van der Waals surface area contributed by atoms with Gasteiger partial charge in [-0.1, -0.05) is 13.8 Å². The van der Waals surface area contributed by atoms with Gasteiger partial charge in [-0.25, -0.2) is 0 Å². The van der Waals surface area contributed by atoms with E-state index in [4.69, 9.17) is 0 Å². The van der Waals surface area contributed by atoms with Crippen molar-refractivity contribution in [2.24, 2.45) is 0 Å². The van der Waals surface area contributed by atoms with Gasteiger partial charge in [0.2, 0.25) is 0 Å². The lowest BCUT2D eigenvalue weighted by Crippen LogP contribution is -1.30. The van der Waals surface area contributed by atoms with Crippen LogP contribution >= 0.6 is 37.7 Å². The molecule has 0 saturated heterocycles. The van der Waals surface area contributed by atoms with Gasteiger partial charge in [-0.15, -0.1) is 0 Å². The van der Waals surface area contributed by atoms with Crippen LogP contribution in [0.5, 0.6) is 0 Å². The van der Waals surface area contributed by atoms with Crippen molar-refractivity contribution in [2.45, 2.75) is 13.8 Å². The average molecular weight is 308 g/mol. The van der Waals surface area contributed by atoms with Gasteiger partial charge in [0.15, 0.2) is 0 Å². The van der Waals surface area contributed by atoms with Crippen molar-refractivity contribution in [1.29, 1.82) is 0 Å². The zero-order chi connectivity index (χ0) is 4.71. The van der Waals surface area contributed by atoms with E-state index in [1.165, 1.54) is 0 Å². The summed E-state index contributed by atoms with van der Waals surface area (Å²) >= 11 is 5.18. The van der Waals surface area contributed by atoms with Gasteiger partial charge < -0.3 is 0 Å². The molecule has 30 valence electrons. The second-order valence-electron chi connectivity index (χ2n) is 0.101. The molecule has 0 N–H and O–H groups in total. The van der Waals surface area contributed by atoms with Crippen molar-refractivity contribution < 1.29 is 0 Å². The first-order valence-electron chi connectivity index (χ1n) is 1.53. The largest absolute Gasteiger partial charge is 0.552 e. The SMILES string of the molecule is CC.[I][Mg][I]. The fraction of sp³-hybridized carbons (Fsp3) is 1.00. The average Bonchev–Trinajstić information content (AvgIpc) is 1.46. The Morgan fingerprint density at radius 1 is 1.20 bits per heavy atom. The third-order valence-electron chi connectivity index (χ3n) is 0. The van der Waals surface area contributed by atoms with Crippen LogP contribution in [-0.4, -0.2) is 12.6 Å². The first-order valence-corrected chi connectivity index (χ1v) is 11.8. The van der Waals surface area contributed by atoms with E-state index in [-0.39, 0.29) is 0 Å². The Balaban J connectivity index is 0. The molecule has 3 heteroatoms. The Bertz CT molecular complexity index is 7.61. The summed E-state index contributed by atoms with van der Waals surface area (Å²) in [5.41, 5.74) is 0. The zero-order valence-corrected chi connectivity index (χ0v) is 9.19. The highest BCUT2D eigenvalue weighted by molar-refractivity contribution is 14.3. The molecule has 0 fully saturated rings. The molecular formula is C2H6I2Mg. The van der Waals surface area contributed by atoms with Gasteiger partial charge in [0, 0.05) is 0 Å². The minimum atomic E-state index is 0.357. The van der Waals surface area contributed by atoms with Crippen LogP contribution < -0.4 is 0 Å². The van der Waals surface area contributed by atoms with Gasteiger partial charge in [-0.05, 0) is 0 Å². The molecule has 0 aromatic heterocycles. The summed E-state index contributed by atoms with van der Waals surface area (Å²) in [5, 5.41) is 0. The lowest BCUT2D eigenvalue weighted by Gasteiger charge is -1.33. The maximum absolute atomic E-state index is 2.41. The fourth-order valence-electron chi connectivity index (χ4n) is 0. The second-order valence-corrected chi connectivity index (χ2v) is 13.6. The smallest absolute Gasteiger partial charge is 0.276 e. The molecule has 0 aliphatic carbocycles. The maximum Gasteiger partial charge on any atom is 0.552 e. The molecule has 0 aromatic rings. The van der Waals surface area contributed by atoms with Crippen LogP contribution in [0, 0.1) is 0 Å². The molecule has 0 heterocycles. The number of rotatable bonds is 0. The standard InChI is InChI=1S/C2H6.2HI.Mg/c1-2;;;/h1-2H3;2*1H;/q;;;+2/p-2. The Labute approximate surface area is 63.0 Å². The molecule has 0 unspecified atom stereocenters. The van der Waals surface area contributed by atoms with Crippen LogP contribution in [-0.2, 0) is 0 Å².